The summed E-state index contributed by atoms with van der Waals surface area (Å²) < 4.78 is 5.68. The number of nitrogens with zero attached hydrogens (tertiary/aromatic N) is 2. The number of non-ortho nitro benzene ring substituents is 1. The van der Waals surface area contributed by atoms with Gasteiger partial charge in [-0.05, 0) is 37.6 Å². The first-order valence-corrected chi connectivity index (χ1v) is 12.0. The number of aryl methyl sites for hydroxylation is 2. The minimum absolute atomic E-state index is 0.125. The number of carbonyl (C=O) groups excluding carboxylic acids is 2. The molecular formula is C27H20N4O5S. The molecule has 3 N–H and O–H groups in total. The van der Waals surface area contributed by atoms with E-state index in [1.165, 1.54) is 30.5 Å². The van der Waals surface area contributed by atoms with Crippen LogP contribution in [0, 0.1) is 24.0 Å². The second kappa shape index (κ2) is 9.32. The van der Waals surface area contributed by atoms with Crippen molar-refractivity contribution in [2.45, 2.75) is 13.8 Å². The number of ketones is 1. The molecule has 0 aliphatic rings. The number of rotatable bonds is 6. The fourth-order valence-electron chi connectivity index (χ4n) is 4.17. The molecule has 0 atom stereocenters. The highest BCUT2D eigenvalue weighted by molar-refractivity contribution is 7.21. The topological polar surface area (TPSA) is 141 Å². The molecule has 37 heavy (non-hydrogen) atoms. The largest absolute Gasteiger partial charge is 0.464 e. The van der Waals surface area contributed by atoms with Crippen molar-refractivity contribution in [3.8, 4) is 11.3 Å². The summed E-state index contributed by atoms with van der Waals surface area (Å²) in [6, 6.07) is 16.2. The van der Waals surface area contributed by atoms with Crippen molar-refractivity contribution < 1.29 is 18.9 Å². The van der Waals surface area contributed by atoms with Crippen LogP contribution in [-0.4, -0.2) is 21.6 Å². The number of thiophene rings is 1. The summed E-state index contributed by atoms with van der Waals surface area (Å²) in [6.07, 6.45) is 1.48. The third-order valence-corrected chi connectivity index (χ3v) is 7.07. The number of nitro groups is 1. The third kappa shape index (κ3) is 4.23. The zero-order valence-corrected chi connectivity index (χ0v) is 20.6. The lowest BCUT2D eigenvalue weighted by molar-refractivity contribution is -0.384. The maximum absolute atomic E-state index is 13.6. The van der Waals surface area contributed by atoms with Crippen molar-refractivity contribution in [1.29, 1.82) is 0 Å². The number of hydrogen-bond donors (Lipinski definition) is 2. The van der Waals surface area contributed by atoms with Gasteiger partial charge in [-0.15, -0.1) is 11.3 Å². The molecule has 3 heterocycles. The molecule has 10 heteroatoms. The predicted molar refractivity (Wildman–Crippen MR) is 142 cm³/mol. The van der Waals surface area contributed by atoms with E-state index in [2.05, 4.69) is 10.3 Å². The Bertz CT molecular complexity index is 1710. The van der Waals surface area contributed by atoms with Gasteiger partial charge >= 0.3 is 0 Å². The number of carbonyl (C=O) groups is 2. The summed E-state index contributed by atoms with van der Waals surface area (Å²) >= 11 is 1.06. The molecule has 9 nitrogen and oxygen atoms in total. The molecule has 184 valence electrons. The lowest BCUT2D eigenvalue weighted by Crippen LogP contribution is -2.16. The number of nitro benzene ring substituents is 1. The molecule has 5 rings (SSSR count). The molecule has 0 aliphatic carbocycles. The zero-order chi connectivity index (χ0) is 26.3. The number of nitrogen functional groups attached to an aromatic ring is 1. The Hall–Kier alpha value is -4.83. The normalized spacial score (nSPS) is 11.0. The van der Waals surface area contributed by atoms with Crippen molar-refractivity contribution in [2.75, 3.05) is 11.1 Å². The molecule has 0 spiro atoms. The Kier molecular flexibility index (Phi) is 6.02. The van der Waals surface area contributed by atoms with Gasteiger partial charge < -0.3 is 15.5 Å². The minimum Gasteiger partial charge on any atom is -0.464 e. The Morgan fingerprint density at radius 2 is 1.86 bits per heavy atom. The summed E-state index contributed by atoms with van der Waals surface area (Å²) in [6.45, 7) is 3.59. The van der Waals surface area contributed by atoms with Crippen LogP contribution < -0.4 is 11.1 Å². The van der Waals surface area contributed by atoms with Crippen LogP contribution in [0.1, 0.15) is 36.9 Å². The monoisotopic (exact) mass is 512 g/mol. The van der Waals surface area contributed by atoms with Gasteiger partial charge in [-0.3, -0.25) is 19.7 Å². The second-order valence-corrected chi connectivity index (χ2v) is 9.35. The molecule has 3 aromatic heterocycles. The van der Waals surface area contributed by atoms with Gasteiger partial charge in [-0.2, -0.15) is 0 Å². The molecule has 0 fully saturated rings. The number of amides is 1. The summed E-state index contributed by atoms with van der Waals surface area (Å²) in [4.78, 5) is 42.8. The number of pyridine rings is 1. The molecule has 2 aromatic carbocycles. The van der Waals surface area contributed by atoms with E-state index in [1.807, 2.05) is 25.1 Å². The zero-order valence-electron chi connectivity index (χ0n) is 19.8. The van der Waals surface area contributed by atoms with Gasteiger partial charge in [0.2, 0.25) is 5.78 Å². The first kappa shape index (κ1) is 23.9. The molecule has 0 bridgehead atoms. The number of aromatic nitrogens is 1. The quantitative estimate of drug-likeness (QED) is 0.158. The smallest absolute Gasteiger partial charge is 0.270 e. The van der Waals surface area contributed by atoms with E-state index < -0.39 is 16.6 Å². The summed E-state index contributed by atoms with van der Waals surface area (Å²) in [5, 5.41) is 14.5. The van der Waals surface area contributed by atoms with Gasteiger partial charge in [-0.25, -0.2) is 4.98 Å². The minimum atomic E-state index is -0.565. The summed E-state index contributed by atoms with van der Waals surface area (Å²) in [5.41, 5.74) is 9.23. The number of furan rings is 1. The van der Waals surface area contributed by atoms with Crippen LogP contribution in [0.25, 0.3) is 21.5 Å². The van der Waals surface area contributed by atoms with E-state index in [0.29, 0.717) is 32.9 Å². The van der Waals surface area contributed by atoms with Gasteiger partial charge in [0.25, 0.3) is 11.6 Å². The predicted octanol–water partition coefficient (Wildman–Crippen LogP) is 6.15. The van der Waals surface area contributed by atoms with Crippen molar-refractivity contribution in [1.82, 2.24) is 4.98 Å². The molecular weight excluding hydrogens is 492 g/mol. The van der Waals surface area contributed by atoms with E-state index in [4.69, 9.17) is 10.2 Å². The first-order chi connectivity index (χ1) is 17.8. The SMILES string of the molecule is Cc1ccccc1NC(=O)c1c(C)nc2sc(C(=O)c3cccc([N+](=O)[O-])c3)c(N)c2c1-c1ccco1. The Labute approximate surface area is 214 Å². The van der Waals surface area contributed by atoms with E-state index in [9.17, 15) is 19.7 Å². The maximum atomic E-state index is 13.6. The molecule has 0 unspecified atom stereocenters. The Balaban J connectivity index is 1.70. The van der Waals surface area contributed by atoms with Crippen LogP contribution >= 0.6 is 11.3 Å². The Morgan fingerprint density at radius 1 is 1.08 bits per heavy atom. The summed E-state index contributed by atoms with van der Waals surface area (Å²) in [5.74, 6) is -0.479. The van der Waals surface area contributed by atoms with Crippen LogP contribution in [0.5, 0.6) is 0 Å². The highest BCUT2D eigenvalue weighted by Crippen LogP contribution is 2.43. The lowest BCUT2D eigenvalue weighted by Gasteiger charge is -2.14. The van der Waals surface area contributed by atoms with Crippen LogP contribution in [0.15, 0.2) is 71.3 Å². The van der Waals surface area contributed by atoms with Gasteiger partial charge in [0.15, 0.2) is 0 Å². The fourth-order valence-corrected chi connectivity index (χ4v) is 5.28. The van der Waals surface area contributed by atoms with Crippen molar-refractivity contribution >= 4 is 50.3 Å². The van der Waals surface area contributed by atoms with Crippen LogP contribution in [0.2, 0.25) is 0 Å². The van der Waals surface area contributed by atoms with Gasteiger partial charge in [0.05, 0.1) is 28.1 Å². The molecule has 1 amide bonds. The standard InChI is InChI=1S/C27H20N4O5S/c1-14-7-3-4-10-18(14)30-26(33)20-15(2)29-27-22(21(20)19-11-6-12-36-19)23(28)25(37-27)24(32)16-8-5-9-17(13-16)31(34)35/h3-13H,28H2,1-2H3,(H,30,33). The van der Waals surface area contributed by atoms with E-state index >= 15 is 0 Å². The number of nitrogens with one attached hydrogen (secondary N) is 1. The van der Waals surface area contributed by atoms with Gasteiger partial charge in [0, 0.05) is 34.3 Å². The van der Waals surface area contributed by atoms with E-state index in [1.54, 1.807) is 25.1 Å². The number of benzene rings is 2. The second-order valence-electron chi connectivity index (χ2n) is 8.36. The average molecular weight is 513 g/mol. The number of hydrogen-bond acceptors (Lipinski definition) is 8. The first-order valence-electron chi connectivity index (χ1n) is 11.2. The third-order valence-electron chi connectivity index (χ3n) is 5.97. The number of fused-ring (bicyclic) bond motifs is 1. The maximum Gasteiger partial charge on any atom is 0.270 e. The number of anilines is 2. The number of nitrogens with two attached hydrogens (primary N) is 1. The van der Waals surface area contributed by atoms with E-state index in [-0.39, 0.29) is 27.4 Å². The van der Waals surface area contributed by atoms with Crippen LogP contribution in [0.4, 0.5) is 17.1 Å². The molecule has 0 radical (unpaired) electrons. The summed E-state index contributed by atoms with van der Waals surface area (Å²) in [7, 11) is 0. The van der Waals surface area contributed by atoms with Gasteiger partial charge in [0.1, 0.15) is 15.5 Å². The molecule has 0 saturated carbocycles. The van der Waals surface area contributed by atoms with Gasteiger partial charge in [-0.1, -0.05) is 30.3 Å². The van der Waals surface area contributed by atoms with Crippen molar-refractivity contribution in [3.63, 3.8) is 0 Å². The fraction of sp³-hybridized carbons (Fsp3) is 0.0741. The Morgan fingerprint density at radius 3 is 2.57 bits per heavy atom. The van der Waals surface area contributed by atoms with Crippen LogP contribution in [-0.2, 0) is 0 Å². The molecule has 5 aromatic rings. The number of para-hydroxylation sites is 1. The average Bonchev–Trinajstić information content (AvgIpc) is 3.52. The molecule has 0 saturated heterocycles. The van der Waals surface area contributed by atoms with Crippen molar-refractivity contribution in [3.05, 3.63) is 104 Å². The van der Waals surface area contributed by atoms with E-state index in [0.717, 1.165) is 16.9 Å². The lowest BCUT2D eigenvalue weighted by atomic mass is 9.98. The van der Waals surface area contributed by atoms with Crippen molar-refractivity contribution in [2.24, 2.45) is 0 Å². The van der Waals surface area contributed by atoms with Crippen LogP contribution in [0.3, 0.4) is 0 Å². The molecule has 0 aliphatic heterocycles. The highest BCUT2D eigenvalue weighted by atomic mass is 32.1. The highest BCUT2D eigenvalue weighted by Gasteiger charge is 2.28.